The van der Waals surface area contributed by atoms with Gasteiger partial charge in [-0.2, -0.15) is 0 Å². The summed E-state index contributed by atoms with van der Waals surface area (Å²) in [5, 5.41) is 3.12. The quantitative estimate of drug-likeness (QED) is 0.198. The first-order chi connectivity index (χ1) is 23.8. The molecule has 0 N–H and O–H groups in total. The summed E-state index contributed by atoms with van der Waals surface area (Å²) in [6, 6.07) is 60.0. The van der Waals surface area contributed by atoms with Crippen molar-refractivity contribution in [3.05, 3.63) is 192 Å². The molecule has 0 spiro atoms. The normalized spacial score (nSPS) is 13.2. The van der Waals surface area contributed by atoms with Gasteiger partial charge in [0.15, 0.2) is 5.82 Å². The Morgan fingerprint density at radius 2 is 1.08 bits per heavy atom. The van der Waals surface area contributed by atoms with Gasteiger partial charge in [0.2, 0.25) is 0 Å². The van der Waals surface area contributed by atoms with Gasteiger partial charge in [-0.3, -0.25) is 0 Å². The zero-order chi connectivity index (χ0) is 31.7. The second kappa shape index (κ2) is 10.3. The van der Waals surface area contributed by atoms with E-state index in [1.54, 1.807) is 0 Å². The van der Waals surface area contributed by atoms with Crippen LogP contribution in [-0.4, -0.2) is 9.97 Å². The lowest BCUT2D eigenvalue weighted by atomic mass is 9.67. The molecule has 48 heavy (non-hydrogen) atoms. The first-order valence-electron chi connectivity index (χ1n) is 16.3. The van der Waals surface area contributed by atoms with Crippen LogP contribution in [0.5, 0.6) is 0 Å². The summed E-state index contributed by atoms with van der Waals surface area (Å²) in [5.74, 6) is 0.685. The Balaban J connectivity index is 1.28. The van der Waals surface area contributed by atoms with E-state index in [2.05, 4.69) is 146 Å². The number of aromatic nitrogens is 2. The third-order valence-electron chi connectivity index (χ3n) is 9.97. The first-order valence-corrected chi connectivity index (χ1v) is 16.3. The summed E-state index contributed by atoms with van der Waals surface area (Å²) >= 11 is 0. The highest BCUT2D eigenvalue weighted by molar-refractivity contribution is 6.14. The number of benzene rings is 7. The summed E-state index contributed by atoms with van der Waals surface area (Å²) in [6.07, 6.45) is 0. The third kappa shape index (κ3) is 3.76. The molecule has 0 amide bonds. The fraction of sp³-hybridized carbons (Fsp3) is 0.0222. The largest absolute Gasteiger partial charge is 0.456 e. The molecule has 0 bridgehead atoms. The lowest BCUT2D eigenvalue weighted by Crippen LogP contribution is -2.28. The fourth-order valence-corrected chi connectivity index (χ4v) is 7.96. The van der Waals surface area contributed by atoms with Crippen molar-refractivity contribution in [1.82, 2.24) is 9.97 Å². The number of para-hydroxylation sites is 1. The Morgan fingerprint density at radius 3 is 1.85 bits per heavy atom. The van der Waals surface area contributed by atoms with Crippen molar-refractivity contribution in [1.29, 1.82) is 0 Å². The molecular formula is C45H28N2O. The lowest BCUT2D eigenvalue weighted by Gasteiger charge is -2.33. The third-order valence-corrected chi connectivity index (χ3v) is 9.97. The van der Waals surface area contributed by atoms with Crippen molar-refractivity contribution in [2.45, 2.75) is 5.41 Å². The van der Waals surface area contributed by atoms with Crippen LogP contribution >= 0.6 is 0 Å². The molecule has 0 saturated heterocycles. The van der Waals surface area contributed by atoms with Crippen molar-refractivity contribution >= 4 is 32.8 Å². The van der Waals surface area contributed by atoms with E-state index in [1.807, 2.05) is 24.3 Å². The van der Waals surface area contributed by atoms with Crippen LogP contribution in [0.15, 0.2) is 174 Å². The number of hydrogen-bond acceptors (Lipinski definition) is 3. The van der Waals surface area contributed by atoms with E-state index in [-0.39, 0.29) is 0 Å². The van der Waals surface area contributed by atoms with Crippen molar-refractivity contribution in [2.24, 2.45) is 0 Å². The molecule has 2 aromatic heterocycles. The minimum atomic E-state index is -0.490. The van der Waals surface area contributed by atoms with E-state index in [4.69, 9.17) is 14.4 Å². The molecule has 3 heteroatoms. The highest BCUT2D eigenvalue weighted by atomic mass is 16.3. The molecule has 3 nitrogen and oxygen atoms in total. The maximum Gasteiger partial charge on any atom is 0.161 e. The molecule has 10 rings (SSSR count). The second-order valence-corrected chi connectivity index (χ2v) is 12.5. The second-order valence-electron chi connectivity index (χ2n) is 12.5. The van der Waals surface area contributed by atoms with Crippen LogP contribution in [0.25, 0.3) is 66.6 Å². The van der Waals surface area contributed by atoms with Crippen LogP contribution in [0.4, 0.5) is 0 Å². The van der Waals surface area contributed by atoms with Gasteiger partial charge in [-0.1, -0.05) is 146 Å². The Kier molecular flexibility index (Phi) is 5.79. The number of nitrogens with zero attached hydrogens (tertiary/aromatic N) is 2. The Bertz CT molecular complexity index is 2620. The fourth-order valence-electron chi connectivity index (χ4n) is 7.96. The zero-order valence-electron chi connectivity index (χ0n) is 26.0. The van der Waals surface area contributed by atoms with Gasteiger partial charge >= 0.3 is 0 Å². The predicted molar refractivity (Wildman–Crippen MR) is 195 cm³/mol. The average Bonchev–Trinajstić information content (AvgIpc) is 3.67. The average molecular weight is 613 g/mol. The standard InChI is InChI=1S/C45H28N2O/c1-4-15-29(16-5-1)43-33-22-11-13-25-39(33)46-44(47-43)34-23-14-26-40-42(34)36-27-35-32-21-10-12-24-37(32)45(30-17-6-2-7-18-30,31-19-8-3-9-20-31)38(35)28-41(36)48-40/h1-28H. The van der Waals surface area contributed by atoms with Crippen LogP contribution in [0.2, 0.25) is 0 Å². The molecule has 0 aliphatic heterocycles. The van der Waals surface area contributed by atoms with Crippen LogP contribution in [0.1, 0.15) is 22.3 Å². The van der Waals surface area contributed by atoms with E-state index in [0.29, 0.717) is 5.82 Å². The van der Waals surface area contributed by atoms with Crippen molar-refractivity contribution < 1.29 is 4.42 Å². The van der Waals surface area contributed by atoms with E-state index in [9.17, 15) is 0 Å². The van der Waals surface area contributed by atoms with Gasteiger partial charge in [0.25, 0.3) is 0 Å². The summed E-state index contributed by atoms with van der Waals surface area (Å²) in [6.45, 7) is 0. The van der Waals surface area contributed by atoms with Gasteiger partial charge in [0, 0.05) is 27.3 Å². The number of furan rings is 1. The van der Waals surface area contributed by atoms with Crippen LogP contribution in [-0.2, 0) is 5.41 Å². The molecule has 0 saturated carbocycles. The lowest BCUT2D eigenvalue weighted by molar-refractivity contribution is 0.666. The monoisotopic (exact) mass is 612 g/mol. The smallest absolute Gasteiger partial charge is 0.161 e. The van der Waals surface area contributed by atoms with Gasteiger partial charge < -0.3 is 4.42 Å². The molecular weight excluding hydrogens is 585 g/mol. The summed E-state index contributed by atoms with van der Waals surface area (Å²) < 4.78 is 6.75. The van der Waals surface area contributed by atoms with E-state index in [0.717, 1.165) is 49.7 Å². The Morgan fingerprint density at radius 1 is 0.438 bits per heavy atom. The molecule has 224 valence electrons. The minimum absolute atomic E-state index is 0.490. The van der Waals surface area contributed by atoms with Crippen LogP contribution in [0.3, 0.4) is 0 Å². The topological polar surface area (TPSA) is 38.9 Å². The maximum absolute atomic E-state index is 6.75. The van der Waals surface area contributed by atoms with Crippen molar-refractivity contribution in [3.8, 4) is 33.8 Å². The van der Waals surface area contributed by atoms with Crippen LogP contribution in [0, 0.1) is 0 Å². The SMILES string of the molecule is c1ccc(-c2nc(-c3cccc4oc5cc6c(cc5c34)-c3ccccc3C6(c3ccccc3)c3ccccc3)nc3ccccc23)cc1. The highest BCUT2D eigenvalue weighted by Crippen LogP contribution is 2.57. The highest BCUT2D eigenvalue weighted by Gasteiger charge is 2.46. The number of fused-ring (bicyclic) bond motifs is 7. The zero-order valence-corrected chi connectivity index (χ0v) is 26.0. The maximum atomic E-state index is 6.75. The molecule has 2 heterocycles. The van der Waals surface area contributed by atoms with E-state index < -0.39 is 5.41 Å². The minimum Gasteiger partial charge on any atom is -0.456 e. The number of rotatable bonds is 4. The number of hydrogen-bond donors (Lipinski definition) is 0. The summed E-state index contributed by atoms with van der Waals surface area (Å²) in [4.78, 5) is 10.4. The van der Waals surface area contributed by atoms with E-state index >= 15 is 0 Å². The molecule has 1 aliphatic carbocycles. The summed E-state index contributed by atoms with van der Waals surface area (Å²) in [5.41, 5.74) is 12.5. The molecule has 7 aromatic carbocycles. The summed E-state index contributed by atoms with van der Waals surface area (Å²) in [7, 11) is 0. The van der Waals surface area contributed by atoms with Crippen LogP contribution < -0.4 is 0 Å². The molecule has 0 fully saturated rings. The van der Waals surface area contributed by atoms with Gasteiger partial charge in [0.1, 0.15) is 11.2 Å². The van der Waals surface area contributed by atoms with E-state index in [1.165, 1.54) is 33.4 Å². The van der Waals surface area contributed by atoms with Crippen molar-refractivity contribution in [2.75, 3.05) is 0 Å². The van der Waals surface area contributed by atoms with Gasteiger partial charge in [0.05, 0.1) is 16.6 Å². The molecule has 1 aliphatic rings. The van der Waals surface area contributed by atoms with Gasteiger partial charge in [-0.25, -0.2) is 9.97 Å². The van der Waals surface area contributed by atoms with Crippen molar-refractivity contribution in [3.63, 3.8) is 0 Å². The van der Waals surface area contributed by atoms with Gasteiger partial charge in [-0.05, 0) is 57.6 Å². The molecule has 9 aromatic rings. The Hall–Kier alpha value is -6.32. The Labute approximate surface area is 277 Å². The predicted octanol–water partition coefficient (Wildman–Crippen LogP) is 11.2. The first kappa shape index (κ1) is 26.9. The molecule has 0 atom stereocenters. The van der Waals surface area contributed by atoms with Gasteiger partial charge in [-0.15, -0.1) is 0 Å². The molecule has 0 unspecified atom stereocenters. The molecule has 0 radical (unpaired) electrons.